The molecule has 28 heavy (non-hydrogen) atoms. The van der Waals surface area contributed by atoms with Crippen molar-refractivity contribution >= 4 is 11.6 Å². The number of nitrogens with one attached hydrogen (secondary N) is 1. The Morgan fingerprint density at radius 1 is 1.14 bits per heavy atom. The zero-order valence-corrected chi connectivity index (χ0v) is 16.1. The summed E-state index contributed by atoms with van der Waals surface area (Å²) < 4.78 is 14.7. The van der Waals surface area contributed by atoms with Crippen molar-refractivity contribution in [1.82, 2.24) is 15.1 Å². The smallest absolute Gasteiger partial charge is 0.226 e. The number of halogens is 1. The normalized spacial score (nSPS) is 25.5. The molecule has 1 N–H and O–H groups in total. The highest BCUT2D eigenvalue weighted by Gasteiger charge is 2.43. The predicted octanol–water partition coefficient (Wildman–Crippen LogP) is 3.69. The third-order valence-corrected chi connectivity index (χ3v) is 6.96. The van der Waals surface area contributed by atoms with Gasteiger partial charge in [0, 0.05) is 43.9 Å². The van der Waals surface area contributed by atoms with Crippen LogP contribution in [-0.4, -0.2) is 47.2 Å². The van der Waals surface area contributed by atoms with Crippen LogP contribution in [0.3, 0.4) is 0 Å². The summed E-state index contributed by atoms with van der Waals surface area (Å²) in [6, 6.07) is 5.42. The van der Waals surface area contributed by atoms with E-state index in [0.717, 1.165) is 56.6 Å². The number of amides is 1. The minimum absolute atomic E-state index is 0.181. The van der Waals surface area contributed by atoms with E-state index < -0.39 is 0 Å². The number of aromatic amines is 1. The maximum Gasteiger partial charge on any atom is 0.226 e. The van der Waals surface area contributed by atoms with Gasteiger partial charge in [-0.15, -0.1) is 0 Å². The van der Waals surface area contributed by atoms with E-state index >= 15 is 0 Å². The third kappa shape index (κ3) is 3.19. The Bertz CT molecular complexity index is 844. The van der Waals surface area contributed by atoms with Crippen LogP contribution >= 0.6 is 0 Å². The SMILES string of the molecule is O=C1C2CCCC2CN1CC1CCN(c2ccc(-c3cn[nH]c3)cc2F)CC1. The number of hydrogen-bond donors (Lipinski definition) is 1. The first-order valence-electron chi connectivity index (χ1n) is 10.5. The van der Waals surface area contributed by atoms with Gasteiger partial charge in [0.25, 0.3) is 0 Å². The number of aromatic nitrogens is 2. The first-order valence-corrected chi connectivity index (χ1v) is 10.5. The number of carbonyl (C=O) groups is 1. The molecular formula is C22H27FN4O. The molecule has 2 saturated heterocycles. The van der Waals surface area contributed by atoms with Crippen LogP contribution in [0, 0.1) is 23.6 Å². The number of carbonyl (C=O) groups excluding carboxylic acids is 1. The second-order valence-corrected chi connectivity index (χ2v) is 8.62. The van der Waals surface area contributed by atoms with Crippen LogP contribution in [0.1, 0.15) is 32.1 Å². The molecule has 1 aliphatic carbocycles. The predicted molar refractivity (Wildman–Crippen MR) is 106 cm³/mol. The Kier molecular flexibility index (Phi) is 4.57. The number of likely N-dealkylation sites (tertiary alicyclic amines) is 1. The number of hydrogen-bond acceptors (Lipinski definition) is 3. The van der Waals surface area contributed by atoms with Crippen molar-refractivity contribution in [1.29, 1.82) is 0 Å². The average molecular weight is 382 g/mol. The summed E-state index contributed by atoms with van der Waals surface area (Å²) >= 11 is 0. The van der Waals surface area contributed by atoms with Gasteiger partial charge in [0.15, 0.2) is 0 Å². The number of anilines is 1. The Morgan fingerprint density at radius 3 is 2.71 bits per heavy atom. The van der Waals surface area contributed by atoms with Crippen molar-refractivity contribution in [2.75, 3.05) is 31.1 Å². The second-order valence-electron chi connectivity index (χ2n) is 8.62. The maximum atomic E-state index is 14.7. The average Bonchev–Trinajstić information content (AvgIpc) is 3.44. The van der Waals surface area contributed by atoms with Gasteiger partial charge in [-0.05, 0) is 55.2 Å². The van der Waals surface area contributed by atoms with Gasteiger partial charge in [0.2, 0.25) is 5.91 Å². The second kappa shape index (κ2) is 7.22. The van der Waals surface area contributed by atoms with Crippen LogP contribution in [0.25, 0.3) is 11.1 Å². The molecular weight excluding hydrogens is 355 g/mol. The van der Waals surface area contributed by atoms with Crippen LogP contribution in [-0.2, 0) is 4.79 Å². The van der Waals surface area contributed by atoms with E-state index in [2.05, 4.69) is 20.0 Å². The number of rotatable bonds is 4. The first kappa shape index (κ1) is 17.7. The quantitative estimate of drug-likeness (QED) is 0.877. The molecule has 5 nitrogen and oxygen atoms in total. The molecule has 0 spiro atoms. The minimum atomic E-state index is -0.181. The van der Waals surface area contributed by atoms with Crippen LogP contribution < -0.4 is 4.90 Å². The zero-order chi connectivity index (χ0) is 19.1. The summed E-state index contributed by atoms with van der Waals surface area (Å²) in [4.78, 5) is 16.8. The van der Waals surface area contributed by atoms with Crippen molar-refractivity contribution in [2.24, 2.45) is 17.8 Å². The maximum absolute atomic E-state index is 14.7. The van der Waals surface area contributed by atoms with Gasteiger partial charge >= 0.3 is 0 Å². The van der Waals surface area contributed by atoms with E-state index in [1.165, 1.54) is 12.8 Å². The van der Waals surface area contributed by atoms with Gasteiger partial charge in [-0.1, -0.05) is 12.5 Å². The summed E-state index contributed by atoms with van der Waals surface area (Å²) in [6.45, 7) is 3.55. The molecule has 2 atom stereocenters. The lowest BCUT2D eigenvalue weighted by Gasteiger charge is -2.35. The van der Waals surface area contributed by atoms with E-state index in [9.17, 15) is 9.18 Å². The minimum Gasteiger partial charge on any atom is -0.369 e. The summed E-state index contributed by atoms with van der Waals surface area (Å²) in [7, 11) is 0. The zero-order valence-electron chi connectivity index (χ0n) is 16.1. The van der Waals surface area contributed by atoms with Gasteiger partial charge < -0.3 is 9.80 Å². The highest BCUT2D eigenvalue weighted by atomic mass is 19.1. The molecule has 2 unspecified atom stereocenters. The summed E-state index contributed by atoms with van der Waals surface area (Å²) in [6.07, 6.45) is 9.04. The lowest BCUT2D eigenvalue weighted by Crippen LogP contribution is -2.40. The van der Waals surface area contributed by atoms with E-state index in [1.54, 1.807) is 18.5 Å². The van der Waals surface area contributed by atoms with Crippen molar-refractivity contribution in [3.05, 3.63) is 36.4 Å². The van der Waals surface area contributed by atoms with Crippen LogP contribution in [0.4, 0.5) is 10.1 Å². The van der Waals surface area contributed by atoms with Gasteiger partial charge in [-0.25, -0.2) is 4.39 Å². The fourth-order valence-electron chi connectivity index (χ4n) is 5.37. The lowest BCUT2D eigenvalue weighted by molar-refractivity contribution is -0.131. The monoisotopic (exact) mass is 382 g/mol. The van der Waals surface area contributed by atoms with Gasteiger partial charge in [0.05, 0.1) is 11.9 Å². The molecule has 1 amide bonds. The Morgan fingerprint density at radius 2 is 2.00 bits per heavy atom. The number of nitrogens with zero attached hydrogens (tertiary/aromatic N) is 3. The van der Waals surface area contributed by atoms with Gasteiger partial charge in [-0.3, -0.25) is 9.89 Å². The molecule has 148 valence electrons. The molecule has 3 aliphatic rings. The molecule has 3 fully saturated rings. The number of piperidine rings is 1. The van der Waals surface area contributed by atoms with Gasteiger partial charge in [-0.2, -0.15) is 5.10 Å². The Hall–Kier alpha value is -2.37. The van der Waals surface area contributed by atoms with Crippen LogP contribution in [0.5, 0.6) is 0 Å². The number of H-pyrrole nitrogens is 1. The Labute approximate surface area is 164 Å². The summed E-state index contributed by atoms with van der Waals surface area (Å²) in [5, 5.41) is 6.69. The van der Waals surface area contributed by atoms with E-state index in [-0.39, 0.29) is 5.82 Å². The van der Waals surface area contributed by atoms with E-state index in [1.807, 2.05) is 12.1 Å². The molecule has 2 aromatic rings. The molecule has 1 aromatic heterocycles. The number of fused-ring (bicyclic) bond motifs is 1. The third-order valence-electron chi connectivity index (χ3n) is 6.96. The number of benzene rings is 1. The van der Waals surface area contributed by atoms with Gasteiger partial charge in [0.1, 0.15) is 5.82 Å². The molecule has 5 rings (SSSR count). The fourth-order valence-corrected chi connectivity index (χ4v) is 5.37. The first-order chi connectivity index (χ1) is 13.7. The van der Waals surface area contributed by atoms with Crippen molar-refractivity contribution in [2.45, 2.75) is 32.1 Å². The van der Waals surface area contributed by atoms with Crippen molar-refractivity contribution < 1.29 is 9.18 Å². The topological polar surface area (TPSA) is 52.2 Å². The largest absolute Gasteiger partial charge is 0.369 e. The van der Waals surface area contributed by atoms with Crippen molar-refractivity contribution in [3.63, 3.8) is 0 Å². The van der Waals surface area contributed by atoms with E-state index in [4.69, 9.17) is 0 Å². The summed E-state index contributed by atoms with van der Waals surface area (Å²) in [5.41, 5.74) is 2.41. The molecule has 3 heterocycles. The lowest BCUT2D eigenvalue weighted by atomic mass is 9.95. The standard InChI is InChI=1S/C22H27FN4O/c23-20-10-16(18-11-24-25-12-18)4-5-21(20)26-8-6-15(7-9-26)13-27-14-17-2-1-3-19(17)22(27)28/h4-5,10-12,15,17,19H,1-3,6-9,13-14H2,(H,24,25). The van der Waals surface area contributed by atoms with Crippen molar-refractivity contribution in [3.8, 4) is 11.1 Å². The molecule has 6 heteroatoms. The fraction of sp³-hybridized carbons (Fsp3) is 0.545. The highest BCUT2D eigenvalue weighted by Crippen LogP contribution is 2.39. The molecule has 2 aliphatic heterocycles. The highest BCUT2D eigenvalue weighted by molar-refractivity contribution is 5.81. The molecule has 1 saturated carbocycles. The molecule has 0 radical (unpaired) electrons. The molecule has 1 aromatic carbocycles. The van der Waals surface area contributed by atoms with Crippen LogP contribution in [0.2, 0.25) is 0 Å². The van der Waals surface area contributed by atoms with E-state index in [0.29, 0.717) is 29.3 Å². The summed E-state index contributed by atoms with van der Waals surface area (Å²) in [5.74, 6) is 1.66. The molecule has 0 bridgehead atoms. The Balaban J connectivity index is 1.19. The van der Waals surface area contributed by atoms with Crippen LogP contribution in [0.15, 0.2) is 30.6 Å².